The molecule has 19 heavy (non-hydrogen) atoms. The number of rotatable bonds is 5. The lowest BCUT2D eigenvalue weighted by atomic mass is 9.54. The van der Waals surface area contributed by atoms with E-state index in [1.165, 1.54) is 32.4 Å². The summed E-state index contributed by atoms with van der Waals surface area (Å²) in [5.74, 6) is 0.940. The fourth-order valence-electron chi connectivity index (χ4n) is 3.73. The predicted octanol–water partition coefficient (Wildman–Crippen LogP) is 2.64. The molecule has 1 saturated carbocycles. The van der Waals surface area contributed by atoms with Crippen LogP contribution in [-0.4, -0.2) is 42.8 Å². The maximum absolute atomic E-state index is 6.68. The fourth-order valence-corrected chi connectivity index (χ4v) is 3.73. The first-order chi connectivity index (χ1) is 8.93. The SMILES string of the molecule is CCOC1CC(N)(CN2CCC(CC)CC2)C1(C)C. The van der Waals surface area contributed by atoms with Gasteiger partial charge in [-0.05, 0) is 45.2 Å². The van der Waals surface area contributed by atoms with Gasteiger partial charge in [0.15, 0.2) is 0 Å². The minimum Gasteiger partial charge on any atom is -0.378 e. The Kier molecular flexibility index (Phi) is 4.59. The number of ether oxygens (including phenoxy) is 1. The Morgan fingerprint density at radius 1 is 1.21 bits per heavy atom. The molecule has 1 aliphatic carbocycles. The first-order valence-corrected chi connectivity index (χ1v) is 8.05. The fraction of sp³-hybridized carbons (Fsp3) is 1.00. The van der Waals surface area contributed by atoms with Crippen LogP contribution in [0.1, 0.15) is 53.4 Å². The van der Waals surface area contributed by atoms with Crippen LogP contribution in [-0.2, 0) is 4.74 Å². The largest absolute Gasteiger partial charge is 0.378 e. The zero-order valence-electron chi connectivity index (χ0n) is 13.2. The van der Waals surface area contributed by atoms with Gasteiger partial charge in [-0.1, -0.05) is 27.2 Å². The third-order valence-corrected chi connectivity index (χ3v) is 5.80. The molecule has 2 fully saturated rings. The van der Waals surface area contributed by atoms with Gasteiger partial charge in [0.05, 0.1) is 6.10 Å². The number of hydrogen-bond donors (Lipinski definition) is 1. The molecule has 0 aromatic rings. The highest BCUT2D eigenvalue weighted by Gasteiger charge is 2.58. The van der Waals surface area contributed by atoms with E-state index in [0.29, 0.717) is 6.10 Å². The lowest BCUT2D eigenvalue weighted by Crippen LogP contribution is -2.73. The van der Waals surface area contributed by atoms with Crippen LogP contribution in [0.3, 0.4) is 0 Å². The third kappa shape index (κ3) is 2.84. The Morgan fingerprint density at radius 2 is 1.84 bits per heavy atom. The number of likely N-dealkylation sites (tertiary alicyclic amines) is 1. The summed E-state index contributed by atoms with van der Waals surface area (Å²) in [4.78, 5) is 2.58. The Morgan fingerprint density at radius 3 is 2.32 bits per heavy atom. The summed E-state index contributed by atoms with van der Waals surface area (Å²) < 4.78 is 5.81. The molecule has 0 spiro atoms. The molecular weight excluding hydrogens is 236 g/mol. The van der Waals surface area contributed by atoms with Gasteiger partial charge in [0.2, 0.25) is 0 Å². The molecule has 0 amide bonds. The van der Waals surface area contributed by atoms with Crippen molar-refractivity contribution in [1.29, 1.82) is 0 Å². The molecule has 2 N–H and O–H groups in total. The maximum Gasteiger partial charge on any atom is 0.0662 e. The van der Waals surface area contributed by atoms with Crippen LogP contribution >= 0.6 is 0 Å². The Bertz CT molecular complexity index is 297. The smallest absolute Gasteiger partial charge is 0.0662 e. The quantitative estimate of drug-likeness (QED) is 0.833. The molecule has 0 radical (unpaired) electrons. The van der Waals surface area contributed by atoms with E-state index in [2.05, 4.69) is 32.6 Å². The molecule has 0 aromatic heterocycles. The van der Waals surface area contributed by atoms with Gasteiger partial charge >= 0.3 is 0 Å². The summed E-state index contributed by atoms with van der Waals surface area (Å²) in [5, 5.41) is 0. The summed E-state index contributed by atoms with van der Waals surface area (Å²) >= 11 is 0. The van der Waals surface area contributed by atoms with Crippen LogP contribution in [0.2, 0.25) is 0 Å². The summed E-state index contributed by atoms with van der Waals surface area (Å²) in [7, 11) is 0. The molecule has 2 aliphatic rings. The molecule has 0 aromatic carbocycles. The summed E-state index contributed by atoms with van der Waals surface area (Å²) in [6, 6.07) is 0. The van der Waals surface area contributed by atoms with Crippen LogP contribution < -0.4 is 5.73 Å². The molecule has 2 atom stereocenters. The van der Waals surface area contributed by atoms with Gasteiger partial charge in [0, 0.05) is 24.1 Å². The molecule has 1 heterocycles. The highest BCUT2D eigenvalue weighted by Crippen LogP contribution is 2.50. The van der Waals surface area contributed by atoms with Crippen LogP contribution in [0.15, 0.2) is 0 Å². The van der Waals surface area contributed by atoms with E-state index in [9.17, 15) is 0 Å². The van der Waals surface area contributed by atoms with Gasteiger partial charge < -0.3 is 15.4 Å². The Labute approximate surface area is 118 Å². The second-order valence-corrected chi connectivity index (χ2v) is 7.15. The van der Waals surface area contributed by atoms with Crippen LogP contribution in [0.25, 0.3) is 0 Å². The van der Waals surface area contributed by atoms with E-state index in [1.54, 1.807) is 0 Å². The molecule has 1 aliphatic heterocycles. The Hall–Kier alpha value is -0.120. The van der Waals surface area contributed by atoms with Crippen molar-refractivity contribution >= 4 is 0 Å². The monoisotopic (exact) mass is 268 g/mol. The van der Waals surface area contributed by atoms with Crippen LogP contribution in [0, 0.1) is 11.3 Å². The molecule has 2 rings (SSSR count). The van der Waals surface area contributed by atoms with E-state index in [0.717, 1.165) is 25.5 Å². The second-order valence-electron chi connectivity index (χ2n) is 7.15. The lowest BCUT2D eigenvalue weighted by Gasteiger charge is -2.60. The van der Waals surface area contributed by atoms with Gasteiger partial charge in [-0.3, -0.25) is 0 Å². The first kappa shape index (κ1) is 15.3. The van der Waals surface area contributed by atoms with Crippen molar-refractivity contribution in [2.45, 2.75) is 65.0 Å². The van der Waals surface area contributed by atoms with E-state index < -0.39 is 0 Å². The zero-order valence-corrected chi connectivity index (χ0v) is 13.2. The van der Waals surface area contributed by atoms with Crippen molar-refractivity contribution in [2.75, 3.05) is 26.2 Å². The molecule has 3 nitrogen and oxygen atoms in total. The Balaban J connectivity index is 1.86. The summed E-state index contributed by atoms with van der Waals surface area (Å²) in [5.41, 5.74) is 6.72. The van der Waals surface area contributed by atoms with E-state index in [4.69, 9.17) is 10.5 Å². The number of hydrogen-bond acceptors (Lipinski definition) is 3. The van der Waals surface area contributed by atoms with Crippen molar-refractivity contribution in [3.63, 3.8) is 0 Å². The minimum absolute atomic E-state index is 0.0636. The van der Waals surface area contributed by atoms with Crippen molar-refractivity contribution in [3.8, 4) is 0 Å². The van der Waals surface area contributed by atoms with Gasteiger partial charge in [-0.15, -0.1) is 0 Å². The average Bonchev–Trinajstić information content (AvgIpc) is 2.39. The van der Waals surface area contributed by atoms with Gasteiger partial charge in [0.25, 0.3) is 0 Å². The van der Waals surface area contributed by atoms with Crippen molar-refractivity contribution in [2.24, 2.45) is 17.1 Å². The molecule has 0 bridgehead atoms. The van der Waals surface area contributed by atoms with Crippen LogP contribution in [0.4, 0.5) is 0 Å². The predicted molar refractivity (Wildman–Crippen MR) is 80.2 cm³/mol. The van der Waals surface area contributed by atoms with Crippen LogP contribution in [0.5, 0.6) is 0 Å². The maximum atomic E-state index is 6.68. The molecule has 2 unspecified atom stereocenters. The third-order valence-electron chi connectivity index (χ3n) is 5.80. The minimum atomic E-state index is -0.0636. The normalized spacial score (nSPS) is 36.2. The zero-order chi connectivity index (χ0) is 14.1. The lowest BCUT2D eigenvalue weighted by molar-refractivity contribution is -0.157. The van der Waals surface area contributed by atoms with Crippen molar-refractivity contribution in [1.82, 2.24) is 4.90 Å². The van der Waals surface area contributed by atoms with Gasteiger partial charge in [0.1, 0.15) is 0 Å². The second kappa shape index (κ2) is 5.71. The van der Waals surface area contributed by atoms with E-state index in [1.807, 2.05) is 0 Å². The highest BCUT2D eigenvalue weighted by molar-refractivity contribution is 5.14. The number of nitrogens with two attached hydrogens (primary N) is 1. The highest BCUT2D eigenvalue weighted by atomic mass is 16.5. The van der Waals surface area contributed by atoms with Gasteiger partial charge in [-0.2, -0.15) is 0 Å². The first-order valence-electron chi connectivity index (χ1n) is 8.05. The number of piperidine rings is 1. The van der Waals surface area contributed by atoms with Gasteiger partial charge in [-0.25, -0.2) is 0 Å². The number of nitrogens with zero attached hydrogens (tertiary/aromatic N) is 1. The summed E-state index contributed by atoms with van der Waals surface area (Å²) in [6.07, 6.45) is 5.39. The molecule has 1 saturated heterocycles. The summed E-state index contributed by atoms with van der Waals surface area (Å²) in [6.45, 7) is 13.2. The topological polar surface area (TPSA) is 38.5 Å². The molecular formula is C16H32N2O. The average molecular weight is 268 g/mol. The van der Waals surface area contributed by atoms with E-state index >= 15 is 0 Å². The molecule has 3 heteroatoms. The van der Waals surface area contributed by atoms with Crippen molar-refractivity contribution < 1.29 is 4.74 Å². The van der Waals surface area contributed by atoms with Crippen molar-refractivity contribution in [3.05, 3.63) is 0 Å². The van der Waals surface area contributed by atoms with E-state index in [-0.39, 0.29) is 11.0 Å². The molecule has 112 valence electrons. The standard InChI is InChI=1S/C16H32N2O/c1-5-13-7-9-18(10-8-13)12-16(17)11-14(19-6-2)15(16,3)4/h13-14H,5-12,17H2,1-4H3.